The lowest BCUT2D eigenvalue weighted by Crippen LogP contribution is -2.73. The van der Waals surface area contributed by atoms with E-state index < -0.39 is 17.1 Å². The molecule has 1 saturated carbocycles. The van der Waals surface area contributed by atoms with E-state index >= 15 is 0 Å². The molecule has 1 aliphatic carbocycles. The van der Waals surface area contributed by atoms with Gasteiger partial charge in [0.15, 0.2) is 0 Å². The Morgan fingerprint density at radius 1 is 1.16 bits per heavy atom. The fourth-order valence-corrected chi connectivity index (χ4v) is 5.10. The minimum atomic E-state index is -0.812. The third-order valence-corrected chi connectivity index (χ3v) is 6.74. The van der Waals surface area contributed by atoms with Crippen LogP contribution in [0.2, 0.25) is 0 Å². The first-order valence-electron chi connectivity index (χ1n) is 11.4. The number of carbonyl (C=O) groups excluding carboxylic acids is 1. The van der Waals surface area contributed by atoms with Gasteiger partial charge in [0.25, 0.3) is 0 Å². The predicted octanol–water partition coefficient (Wildman–Crippen LogP) is 3.06. The normalized spacial score (nSPS) is 26.2. The molecule has 7 nitrogen and oxygen atoms in total. The van der Waals surface area contributed by atoms with E-state index in [0.29, 0.717) is 31.1 Å². The Morgan fingerprint density at radius 3 is 2.39 bits per heavy atom. The van der Waals surface area contributed by atoms with Gasteiger partial charge in [-0.05, 0) is 45.6 Å². The van der Waals surface area contributed by atoms with Gasteiger partial charge < -0.3 is 20.1 Å². The molecule has 1 amide bonds. The average Bonchev–Trinajstić information content (AvgIpc) is 3.43. The lowest BCUT2D eigenvalue weighted by molar-refractivity contribution is -0.146. The Labute approximate surface area is 184 Å². The molecule has 1 aromatic rings. The van der Waals surface area contributed by atoms with Crippen molar-refractivity contribution in [2.75, 3.05) is 26.2 Å². The number of benzene rings is 1. The van der Waals surface area contributed by atoms with Gasteiger partial charge in [-0.3, -0.25) is 9.69 Å². The number of likely N-dealkylation sites (tertiary alicyclic amines) is 2. The van der Waals surface area contributed by atoms with Crippen molar-refractivity contribution >= 4 is 12.1 Å². The zero-order valence-electron chi connectivity index (χ0n) is 18.8. The molecule has 2 aliphatic heterocycles. The molecule has 0 aromatic heterocycles. The molecule has 3 aliphatic rings. The molecule has 3 fully saturated rings. The maximum atomic E-state index is 12.4. The van der Waals surface area contributed by atoms with Gasteiger partial charge in [-0.1, -0.05) is 30.3 Å². The number of amides is 1. The standard InChI is InChI=1S/C24H35N3O4/c1-23(2,3)31-22(30)26-15-24(16-26,14-21(28)29)27-11-9-18(10-12-27)25-20-13-19(20)17-7-5-4-6-8-17/h4-8,18-20,25H,9-16H2,1-3H3,(H,28,29)/t19?,20-/m1/s1. The lowest BCUT2D eigenvalue weighted by atomic mass is 9.82. The van der Waals surface area contributed by atoms with Crippen LogP contribution in [0, 0.1) is 0 Å². The maximum absolute atomic E-state index is 12.4. The number of nitrogens with zero attached hydrogens (tertiary/aromatic N) is 2. The molecule has 1 unspecified atom stereocenters. The Morgan fingerprint density at radius 2 is 1.81 bits per heavy atom. The molecule has 0 bridgehead atoms. The van der Waals surface area contributed by atoms with Gasteiger partial charge in [0, 0.05) is 44.2 Å². The van der Waals surface area contributed by atoms with Crippen molar-refractivity contribution in [3.63, 3.8) is 0 Å². The summed E-state index contributed by atoms with van der Waals surface area (Å²) >= 11 is 0. The van der Waals surface area contributed by atoms with Gasteiger partial charge in [0.2, 0.25) is 0 Å². The van der Waals surface area contributed by atoms with Crippen molar-refractivity contribution < 1.29 is 19.4 Å². The molecule has 7 heteroatoms. The summed E-state index contributed by atoms with van der Waals surface area (Å²) in [5.74, 6) is -0.195. The molecular weight excluding hydrogens is 394 g/mol. The summed E-state index contributed by atoms with van der Waals surface area (Å²) in [7, 11) is 0. The van der Waals surface area contributed by atoms with Crippen molar-refractivity contribution in [1.82, 2.24) is 15.1 Å². The fraction of sp³-hybridized carbons (Fsp3) is 0.667. The molecule has 0 spiro atoms. The molecule has 0 radical (unpaired) electrons. The molecule has 4 rings (SSSR count). The topological polar surface area (TPSA) is 82.1 Å². The smallest absolute Gasteiger partial charge is 0.410 e. The van der Waals surface area contributed by atoms with Gasteiger partial charge >= 0.3 is 12.1 Å². The molecule has 1 aromatic carbocycles. The van der Waals surface area contributed by atoms with Crippen LogP contribution in [0.5, 0.6) is 0 Å². The second kappa shape index (κ2) is 8.43. The van der Waals surface area contributed by atoms with E-state index in [1.807, 2.05) is 20.8 Å². The number of nitrogens with one attached hydrogen (secondary N) is 1. The summed E-state index contributed by atoms with van der Waals surface area (Å²) in [5, 5.41) is 13.3. The molecule has 170 valence electrons. The van der Waals surface area contributed by atoms with E-state index in [1.165, 1.54) is 12.0 Å². The molecule has 2 N–H and O–H groups in total. The van der Waals surface area contributed by atoms with Gasteiger partial charge in [0.1, 0.15) is 5.60 Å². The summed E-state index contributed by atoms with van der Waals surface area (Å²) in [6, 6.07) is 11.7. The van der Waals surface area contributed by atoms with Crippen LogP contribution in [0.15, 0.2) is 30.3 Å². The van der Waals surface area contributed by atoms with Crippen LogP contribution in [0.3, 0.4) is 0 Å². The molecule has 2 atom stereocenters. The summed E-state index contributed by atoms with van der Waals surface area (Å²) in [6.07, 6.45) is 2.91. The average molecular weight is 430 g/mol. The number of piperidine rings is 1. The summed E-state index contributed by atoms with van der Waals surface area (Å²) in [4.78, 5) is 27.8. The zero-order valence-corrected chi connectivity index (χ0v) is 18.8. The number of carboxylic acid groups (broad SMARTS) is 1. The highest BCUT2D eigenvalue weighted by Crippen LogP contribution is 2.42. The monoisotopic (exact) mass is 429 g/mol. The van der Waals surface area contributed by atoms with Gasteiger partial charge in [-0.15, -0.1) is 0 Å². The highest BCUT2D eigenvalue weighted by Gasteiger charge is 2.52. The first-order valence-corrected chi connectivity index (χ1v) is 11.4. The van der Waals surface area contributed by atoms with Crippen molar-refractivity contribution in [2.45, 2.75) is 75.6 Å². The number of aliphatic carboxylic acids is 1. The van der Waals surface area contributed by atoms with E-state index in [0.717, 1.165) is 25.9 Å². The SMILES string of the molecule is CC(C)(C)OC(=O)N1CC(CC(=O)O)(N2CCC(N[C@@H]3CC3c3ccccc3)CC2)C1. The Bertz CT molecular complexity index is 793. The number of ether oxygens (including phenoxy) is 1. The van der Waals surface area contributed by atoms with Crippen molar-refractivity contribution in [3.8, 4) is 0 Å². The summed E-state index contributed by atoms with van der Waals surface area (Å²) < 4.78 is 5.45. The van der Waals surface area contributed by atoms with Crippen LogP contribution in [0.25, 0.3) is 0 Å². The van der Waals surface area contributed by atoms with Crippen LogP contribution in [0.4, 0.5) is 4.79 Å². The van der Waals surface area contributed by atoms with Crippen molar-refractivity contribution in [3.05, 3.63) is 35.9 Å². The van der Waals surface area contributed by atoms with Crippen molar-refractivity contribution in [2.24, 2.45) is 0 Å². The quantitative estimate of drug-likeness (QED) is 0.723. The predicted molar refractivity (Wildman–Crippen MR) is 118 cm³/mol. The van der Waals surface area contributed by atoms with Gasteiger partial charge in [-0.25, -0.2) is 4.79 Å². The molecule has 2 saturated heterocycles. The highest BCUT2D eigenvalue weighted by molar-refractivity contribution is 5.73. The summed E-state index contributed by atoms with van der Waals surface area (Å²) in [5.41, 5.74) is 0.390. The first-order chi connectivity index (χ1) is 14.7. The number of hydrogen-bond acceptors (Lipinski definition) is 5. The van der Waals surface area contributed by atoms with E-state index in [1.54, 1.807) is 4.90 Å². The highest BCUT2D eigenvalue weighted by atomic mass is 16.6. The number of hydrogen-bond donors (Lipinski definition) is 2. The number of rotatable bonds is 6. The van der Waals surface area contributed by atoms with E-state index in [2.05, 4.69) is 40.5 Å². The fourth-order valence-electron chi connectivity index (χ4n) is 5.10. The van der Waals surface area contributed by atoms with Gasteiger partial charge in [-0.2, -0.15) is 0 Å². The van der Waals surface area contributed by atoms with Crippen LogP contribution in [-0.4, -0.2) is 76.4 Å². The van der Waals surface area contributed by atoms with E-state index in [-0.39, 0.29) is 12.5 Å². The summed E-state index contributed by atoms with van der Waals surface area (Å²) in [6.45, 7) is 8.08. The minimum absolute atomic E-state index is 0.0586. The Hall–Kier alpha value is -2.12. The van der Waals surface area contributed by atoms with Crippen LogP contribution in [-0.2, 0) is 9.53 Å². The third-order valence-electron chi connectivity index (χ3n) is 6.74. The van der Waals surface area contributed by atoms with E-state index in [9.17, 15) is 14.7 Å². The molecule has 31 heavy (non-hydrogen) atoms. The Balaban J connectivity index is 1.28. The third kappa shape index (κ3) is 5.21. The number of carboxylic acids is 1. The molecule has 2 heterocycles. The molecular formula is C24H35N3O4. The van der Waals surface area contributed by atoms with Crippen LogP contribution >= 0.6 is 0 Å². The Kier molecular flexibility index (Phi) is 6.01. The van der Waals surface area contributed by atoms with E-state index in [4.69, 9.17) is 4.74 Å². The zero-order chi connectivity index (χ0) is 22.2. The number of carbonyl (C=O) groups is 2. The van der Waals surface area contributed by atoms with Gasteiger partial charge in [0.05, 0.1) is 12.0 Å². The lowest BCUT2D eigenvalue weighted by Gasteiger charge is -2.56. The van der Waals surface area contributed by atoms with Crippen LogP contribution < -0.4 is 5.32 Å². The first kappa shape index (κ1) is 22.1. The van der Waals surface area contributed by atoms with Crippen molar-refractivity contribution in [1.29, 1.82) is 0 Å². The maximum Gasteiger partial charge on any atom is 0.410 e. The second-order valence-corrected chi connectivity index (χ2v) is 10.4. The second-order valence-electron chi connectivity index (χ2n) is 10.4. The van der Waals surface area contributed by atoms with Crippen LogP contribution in [0.1, 0.15) is 57.9 Å². The minimum Gasteiger partial charge on any atom is -0.481 e. The largest absolute Gasteiger partial charge is 0.481 e.